The van der Waals surface area contributed by atoms with Crippen LogP contribution in [0.15, 0.2) is 42.5 Å². The lowest BCUT2D eigenvalue weighted by Gasteiger charge is -2.43. The molecule has 0 radical (unpaired) electrons. The van der Waals surface area contributed by atoms with Gasteiger partial charge >= 0.3 is 0 Å². The Balaban J connectivity index is 1.71. The minimum atomic E-state index is -0.242. The standard InChI is InChI=1S/C26H31ClN2O3/c1-4-29-23-14-7-18(26(32)28(3)20-10-8-19(27)9-11-20)15-22(23)24(16(2)25(29)31)17-5-12-21(30)13-6-17/h7-11,14-17,21,24,30H,4-6,12-13H2,1-3H3. The number of aliphatic hydroxyl groups is 1. The number of fused-ring (bicyclic) bond motifs is 1. The Bertz CT molecular complexity index is 999. The predicted octanol–water partition coefficient (Wildman–Crippen LogP) is 5.25. The van der Waals surface area contributed by atoms with Gasteiger partial charge in [0.15, 0.2) is 0 Å². The number of halogens is 1. The lowest BCUT2D eigenvalue weighted by molar-refractivity contribution is -0.123. The number of nitrogens with zero attached hydrogens (tertiary/aromatic N) is 2. The van der Waals surface area contributed by atoms with Crippen molar-refractivity contribution in [3.63, 3.8) is 0 Å². The van der Waals surface area contributed by atoms with E-state index in [2.05, 4.69) is 0 Å². The molecule has 1 fully saturated rings. The van der Waals surface area contributed by atoms with E-state index in [4.69, 9.17) is 11.6 Å². The first-order valence-corrected chi connectivity index (χ1v) is 11.9. The zero-order valence-corrected chi connectivity index (χ0v) is 19.7. The van der Waals surface area contributed by atoms with Crippen molar-refractivity contribution in [1.82, 2.24) is 0 Å². The number of hydrogen-bond donors (Lipinski definition) is 1. The number of carbonyl (C=O) groups excluding carboxylic acids is 2. The van der Waals surface area contributed by atoms with Crippen LogP contribution < -0.4 is 9.80 Å². The topological polar surface area (TPSA) is 60.9 Å². The van der Waals surface area contributed by atoms with Gasteiger partial charge in [-0.05, 0) is 86.6 Å². The molecule has 0 saturated heterocycles. The average molecular weight is 455 g/mol. The molecule has 6 heteroatoms. The highest BCUT2D eigenvalue weighted by atomic mass is 35.5. The molecular weight excluding hydrogens is 424 g/mol. The highest BCUT2D eigenvalue weighted by Gasteiger charge is 2.42. The first-order valence-electron chi connectivity index (χ1n) is 11.5. The van der Waals surface area contributed by atoms with Crippen LogP contribution in [0.4, 0.5) is 11.4 Å². The molecule has 0 spiro atoms. The summed E-state index contributed by atoms with van der Waals surface area (Å²) in [4.78, 5) is 29.9. The smallest absolute Gasteiger partial charge is 0.258 e. The molecule has 2 amide bonds. The summed E-state index contributed by atoms with van der Waals surface area (Å²) in [7, 11) is 1.76. The average Bonchev–Trinajstić information content (AvgIpc) is 2.80. The summed E-state index contributed by atoms with van der Waals surface area (Å²) < 4.78 is 0. The maximum Gasteiger partial charge on any atom is 0.258 e. The molecule has 1 N–H and O–H groups in total. The second-order valence-electron chi connectivity index (χ2n) is 9.08. The molecule has 0 bridgehead atoms. The summed E-state index contributed by atoms with van der Waals surface area (Å²) in [5.41, 5.74) is 3.38. The lowest BCUT2D eigenvalue weighted by Crippen LogP contribution is -2.44. The highest BCUT2D eigenvalue weighted by Crippen LogP contribution is 2.48. The van der Waals surface area contributed by atoms with Gasteiger partial charge in [-0.15, -0.1) is 0 Å². The predicted molar refractivity (Wildman–Crippen MR) is 129 cm³/mol. The summed E-state index contributed by atoms with van der Waals surface area (Å²) in [6, 6.07) is 12.9. The third-order valence-electron chi connectivity index (χ3n) is 7.20. The molecule has 1 aliphatic carbocycles. The van der Waals surface area contributed by atoms with E-state index in [1.165, 1.54) is 0 Å². The highest BCUT2D eigenvalue weighted by molar-refractivity contribution is 6.30. The van der Waals surface area contributed by atoms with E-state index < -0.39 is 0 Å². The first kappa shape index (κ1) is 22.8. The number of hydrogen-bond acceptors (Lipinski definition) is 3. The number of aliphatic hydroxyl groups excluding tert-OH is 1. The number of rotatable bonds is 4. The van der Waals surface area contributed by atoms with E-state index in [-0.39, 0.29) is 29.8 Å². The number of benzene rings is 2. The Kier molecular flexibility index (Phi) is 6.59. The second kappa shape index (κ2) is 9.24. The zero-order valence-electron chi connectivity index (χ0n) is 18.9. The molecule has 2 aromatic rings. The fourth-order valence-electron chi connectivity index (χ4n) is 5.41. The molecule has 0 aromatic heterocycles. The van der Waals surface area contributed by atoms with E-state index in [9.17, 15) is 14.7 Å². The van der Waals surface area contributed by atoms with Crippen molar-refractivity contribution in [2.45, 2.75) is 51.6 Å². The van der Waals surface area contributed by atoms with Crippen LogP contribution in [0.25, 0.3) is 0 Å². The molecule has 1 heterocycles. The Morgan fingerprint density at radius 3 is 2.41 bits per heavy atom. The van der Waals surface area contributed by atoms with Gasteiger partial charge in [0.25, 0.3) is 5.91 Å². The molecule has 2 aromatic carbocycles. The van der Waals surface area contributed by atoms with Gasteiger partial charge in [0, 0.05) is 47.4 Å². The van der Waals surface area contributed by atoms with Gasteiger partial charge in [-0.1, -0.05) is 18.5 Å². The van der Waals surface area contributed by atoms with Gasteiger partial charge < -0.3 is 14.9 Å². The Morgan fingerprint density at radius 2 is 1.78 bits per heavy atom. The van der Waals surface area contributed by atoms with E-state index in [0.29, 0.717) is 23.0 Å². The van der Waals surface area contributed by atoms with Crippen molar-refractivity contribution in [1.29, 1.82) is 0 Å². The third-order valence-corrected chi connectivity index (χ3v) is 7.45. The molecule has 2 aliphatic rings. The molecule has 1 aliphatic heterocycles. The van der Waals surface area contributed by atoms with Crippen molar-refractivity contribution < 1.29 is 14.7 Å². The van der Waals surface area contributed by atoms with Gasteiger partial charge in [0.2, 0.25) is 5.91 Å². The summed E-state index contributed by atoms with van der Waals surface area (Å²) in [6.45, 7) is 4.60. The SMILES string of the molecule is CCN1C(=O)C(C)C(C2CCC(O)CC2)c2cc(C(=O)N(C)c3ccc(Cl)cc3)ccc21. The van der Waals surface area contributed by atoms with Crippen molar-refractivity contribution in [3.8, 4) is 0 Å². The third kappa shape index (κ3) is 4.16. The molecule has 1 saturated carbocycles. The van der Waals surface area contributed by atoms with Gasteiger partial charge in [0.1, 0.15) is 0 Å². The Labute approximate surface area is 195 Å². The van der Waals surface area contributed by atoms with Crippen molar-refractivity contribution >= 4 is 34.8 Å². The fraction of sp³-hybridized carbons (Fsp3) is 0.462. The van der Waals surface area contributed by atoms with E-state index in [1.807, 2.05) is 49.1 Å². The van der Waals surface area contributed by atoms with Crippen LogP contribution in [-0.4, -0.2) is 36.6 Å². The van der Waals surface area contributed by atoms with Crippen LogP contribution in [0.1, 0.15) is 61.4 Å². The number of carbonyl (C=O) groups is 2. The fourth-order valence-corrected chi connectivity index (χ4v) is 5.54. The Hall–Kier alpha value is -2.37. The van der Waals surface area contributed by atoms with E-state index in [1.54, 1.807) is 24.1 Å². The van der Waals surface area contributed by atoms with Crippen LogP contribution in [0.2, 0.25) is 5.02 Å². The van der Waals surface area contributed by atoms with E-state index in [0.717, 1.165) is 42.6 Å². The quantitative estimate of drug-likeness (QED) is 0.685. The minimum absolute atomic E-state index is 0.0568. The Morgan fingerprint density at radius 1 is 1.12 bits per heavy atom. The lowest BCUT2D eigenvalue weighted by atomic mass is 9.68. The molecule has 2 unspecified atom stereocenters. The largest absolute Gasteiger partial charge is 0.393 e. The maximum absolute atomic E-state index is 13.3. The number of amides is 2. The van der Waals surface area contributed by atoms with Crippen LogP contribution in [0.5, 0.6) is 0 Å². The molecule has 2 atom stereocenters. The summed E-state index contributed by atoms with van der Waals surface area (Å²) in [5, 5.41) is 10.6. The molecule has 170 valence electrons. The summed E-state index contributed by atoms with van der Waals surface area (Å²) in [5.74, 6) is 0.284. The summed E-state index contributed by atoms with van der Waals surface area (Å²) in [6.07, 6.45) is 3.10. The molecular formula is C26H31ClN2O3. The number of anilines is 2. The zero-order chi connectivity index (χ0) is 23.0. The first-order chi connectivity index (χ1) is 15.3. The van der Waals surface area contributed by atoms with Crippen molar-refractivity contribution in [2.24, 2.45) is 11.8 Å². The van der Waals surface area contributed by atoms with Gasteiger partial charge in [-0.3, -0.25) is 9.59 Å². The van der Waals surface area contributed by atoms with Crippen LogP contribution >= 0.6 is 11.6 Å². The second-order valence-corrected chi connectivity index (χ2v) is 9.52. The molecule has 5 nitrogen and oxygen atoms in total. The van der Waals surface area contributed by atoms with E-state index >= 15 is 0 Å². The van der Waals surface area contributed by atoms with Crippen LogP contribution in [0.3, 0.4) is 0 Å². The monoisotopic (exact) mass is 454 g/mol. The van der Waals surface area contributed by atoms with Crippen LogP contribution in [-0.2, 0) is 4.79 Å². The van der Waals surface area contributed by atoms with Crippen molar-refractivity contribution in [2.75, 3.05) is 23.4 Å². The summed E-state index contributed by atoms with van der Waals surface area (Å²) >= 11 is 5.99. The van der Waals surface area contributed by atoms with Gasteiger partial charge in [-0.2, -0.15) is 0 Å². The normalized spacial score (nSPS) is 25.4. The maximum atomic E-state index is 13.3. The minimum Gasteiger partial charge on any atom is -0.393 e. The van der Waals surface area contributed by atoms with Crippen molar-refractivity contribution in [3.05, 3.63) is 58.6 Å². The molecule has 32 heavy (non-hydrogen) atoms. The van der Waals surface area contributed by atoms with Gasteiger partial charge in [-0.25, -0.2) is 0 Å². The van der Waals surface area contributed by atoms with Gasteiger partial charge in [0.05, 0.1) is 6.10 Å². The van der Waals surface area contributed by atoms with Crippen LogP contribution in [0, 0.1) is 11.8 Å². The molecule has 4 rings (SSSR count).